The summed E-state index contributed by atoms with van der Waals surface area (Å²) >= 11 is 0. The normalized spacial score (nSPS) is 13.1. The van der Waals surface area contributed by atoms with Crippen LogP contribution in [0.5, 0.6) is 0 Å². The Balaban J connectivity index is 3.73. The van der Waals surface area contributed by atoms with Crippen molar-refractivity contribution >= 4 is 19.8 Å². The van der Waals surface area contributed by atoms with E-state index < -0.39 is 32.5 Å². The summed E-state index contributed by atoms with van der Waals surface area (Å²) in [6.45, 7) is 5.98. The van der Waals surface area contributed by atoms with Crippen molar-refractivity contribution in [2.45, 2.75) is 200 Å². The standard InChI is InChI=1S/C36H71O8P/c1-4-6-7-22-26-29-35(37)42-31-34(32-43-45(39,40)41)44-36(38)30-27-24-21-19-17-15-13-11-9-8-10-12-14-16-18-20-23-25-28-33(3)5-2/h33-34H,4-32H2,1-3H3,(H2,39,40,41)/t33?,34-/m1/s1. The van der Waals surface area contributed by atoms with Crippen LogP contribution in [0.3, 0.4) is 0 Å². The molecule has 0 bridgehead atoms. The summed E-state index contributed by atoms with van der Waals surface area (Å²) in [6.07, 6.45) is 30.2. The molecule has 2 atom stereocenters. The number of carbonyl (C=O) groups is 2. The Kier molecular flexibility index (Phi) is 31.0. The van der Waals surface area contributed by atoms with Gasteiger partial charge in [0.25, 0.3) is 0 Å². The number of esters is 2. The van der Waals surface area contributed by atoms with Crippen molar-refractivity contribution in [3.8, 4) is 0 Å². The van der Waals surface area contributed by atoms with Crippen LogP contribution in [0, 0.1) is 5.92 Å². The zero-order valence-electron chi connectivity index (χ0n) is 29.5. The van der Waals surface area contributed by atoms with E-state index in [9.17, 15) is 14.2 Å². The summed E-state index contributed by atoms with van der Waals surface area (Å²) in [5.74, 6) is 0.0124. The van der Waals surface area contributed by atoms with E-state index in [1.165, 1.54) is 109 Å². The summed E-state index contributed by atoms with van der Waals surface area (Å²) in [6, 6.07) is 0. The van der Waals surface area contributed by atoms with Gasteiger partial charge < -0.3 is 19.3 Å². The average molecular weight is 663 g/mol. The molecule has 0 rings (SSSR count). The Hall–Kier alpha value is -0.950. The molecule has 0 saturated heterocycles. The topological polar surface area (TPSA) is 119 Å². The van der Waals surface area contributed by atoms with Crippen molar-refractivity contribution in [2.24, 2.45) is 5.92 Å². The third kappa shape index (κ3) is 34.2. The molecule has 0 aromatic rings. The lowest BCUT2D eigenvalue weighted by atomic mass is 9.99. The van der Waals surface area contributed by atoms with Crippen molar-refractivity contribution in [1.82, 2.24) is 0 Å². The predicted molar refractivity (Wildman–Crippen MR) is 184 cm³/mol. The summed E-state index contributed by atoms with van der Waals surface area (Å²) in [5, 5.41) is 0. The Morgan fingerprint density at radius 1 is 0.578 bits per heavy atom. The molecule has 0 saturated carbocycles. The Morgan fingerprint density at radius 3 is 1.40 bits per heavy atom. The molecule has 268 valence electrons. The molecular weight excluding hydrogens is 591 g/mol. The number of rotatable bonds is 34. The predicted octanol–water partition coefficient (Wildman–Crippen LogP) is 10.8. The van der Waals surface area contributed by atoms with E-state index in [-0.39, 0.29) is 19.4 Å². The van der Waals surface area contributed by atoms with Crippen molar-refractivity contribution in [3.63, 3.8) is 0 Å². The second-order valence-corrected chi connectivity index (χ2v) is 14.4. The van der Waals surface area contributed by atoms with Gasteiger partial charge in [-0.3, -0.25) is 14.1 Å². The first kappa shape index (κ1) is 44.0. The van der Waals surface area contributed by atoms with Gasteiger partial charge in [0.1, 0.15) is 6.61 Å². The maximum Gasteiger partial charge on any atom is 0.469 e. The molecule has 0 spiro atoms. The minimum absolute atomic E-state index is 0.218. The fraction of sp³-hybridized carbons (Fsp3) is 0.944. The lowest BCUT2D eigenvalue weighted by molar-refractivity contribution is -0.161. The third-order valence-corrected chi connectivity index (χ3v) is 9.15. The van der Waals surface area contributed by atoms with E-state index in [1.54, 1.807) is 0 Å². The van der Waals surface area contributed by atoms with Gasteiger partial charge >= 0.3 is 19.8 Å². The molecule has 0 radical (unpaired) electrons. The highest BCUT2D eigenvalue weighted by Gasteiger charge is 2.22. The number of carbonyl (C=O) groups excluding carboxylic acids is 2. The number of hydrogen-bond donors (Lipinski definition) is 2. The van der Waals surface area contributed by atoms with E-state index in [2.05, 4.69) is 25.3 Å². The summed E-state index contributed by atoms with van der Waals surface area (Å²) in [7, 11) is -4.73. The van der Waals surface area contributed by atoms with Crippen molar-refractivity contribution in [3.05, 3.63) is 0 Å². The van der Waals surface area contributed by atoms with E-state index in [4.69, 9.17) is 19.3 Å². The maximum absolute atomic E-state index is 12.3. The van der Waals surface area contributed by atoms with E-state index in [0.29, 0.717) is 6.42 Å². The fourth-order valence-corrected chi connectivity index (χ4v) is 5.83. The Morgan fingerprint density at radius 2 is 0.978 bits per heavy atom. The zero-order valence-corrected chi connectivity index (χ0v) is 30.3. The second kappa shape index (κ2) is 31.6. The molecule has 0 aromatic carbocycles. The fourth-order valence-electron chi connectivity index (χ4n) is 5.47. The van der Waals surface area contributed by atoms with E-state index in [0.717, 1.165) is 50.9 Å². The first-order valence-corrected chi connectivity index (χ1v) is 20.3. The van der Waals surface area contributed by atoms with Crippen LogP contribution in [-0.4, -0.2) is 41.0 Å². The van der Waals surface area contributed by atoms with Gasteiger partial charge in [-0.2, -0.15) is 0 Å². The highest BCUT2D eigenvalue weighted by atomic mass is 31.2. The summed E-state index contributed by atoms with van der Waals surface area (Å²) in [4.78, 5) is 42.3. The van der Waals surface area contributed by atoms with Crippen LogP contribution in [0.15, 0.2) is 0 Å². The Labute approximate surface area is 276 Å². The SMILES string of the molecule is CCCCCCCC(=O)OC[C@H](COP(=O)(O)O)OC(=O)CCCCCCCCCCCCCCCCCCCCC(C)CC. The van der Waals surface area contributed by atoms with Crippen LogP contribution >= 0.6 is 7.82 Å². The number of phosphoric ester groups is 1. The lowest BCUT2D eigenvalue weighted by Gasteiger charge is -2.18. The number of phosphoric acid groups is 1. The molecule has 45 heavy (non-hydrogen) atoms. The van der Waals surface area contributed by atoms with Gasteiger partial charge in [0.05, 0.1) is 6.61 Å². The van der Waals surface area contributed by atoms with Gasteiger partial charge in [-0.1, -0.05) is 168 Å². The first-order chi connectivity index (χ1) is 21.7. The van der Waals surface area contributed by atoms with Gasteiger partial charge in [-0.15, -0.1) is 0 Å². The summed E-state index contributed by atoms with van der Waals surface area (Å²) < 4.78 is 26.1. The van der Waals surface area contributed by atoms with Crippen LogP contribution in [-0.2, 0) is 28.2 Å². The van der Waals surface area contributed by atoms with Crippen molar-refractivity contribution in [2.75, 3.05) is 13.2 Å². The number of hydrogen-bond acceptors (Lipinski definition) is 6. The molecule has 0 aliphatic heterocycles. The molecule has 0 heterocycles. The molecule has 0 amide bonds. The van der Waals surface area contributed by atoms with Crippen LogP contribution in [0.4, 0.5) is 0 Å². The smallest absolute Gasteiger partial charge is 0.462 e. The van der Waals surface area contributed by atoms with Gasteiger partial charge in [0, 0.05) is 12.8 Å². The molecule has 8 nitrogen and oxygen atoms in total. The second-order valence-electron chi connectivity index (χ2n) is 13.2. The van der Waals surface area contributed by atoms with Crippen LogP contribution in [0.25, 0.3) is 0 Å². The largest absolute Gasteiger partial charge is 0.469 e. The molecule has 1 unspecified atom stereocenters. The molecular formula is C36H71O8P. The van der Waals surface area contributed by atoms with Gasteiger partial charge in [0.15, 0.2) is 6.10 Å². The first-order valence-electron chi connectivity index (χ1n) is 18.7. The van der Waals surface area contributed by atoms with E-state index >= 15 is 0 Å². The number of ether oxygens (including phenoxy) is 2. The van der Waals surface area contributed by atoms with Crippen LogP contribution < -0.4 is 0 Å². The lowest BCUT2D eigenvalue weighted by Crippen LogP contribution is -2.29. The van der Waals surface area contributed by atoms with Crippen LogP contribution in [0.1, 0.15) is 194 Å². The van der Waals surface area contributed by atoms with Gasteiger partial charge in [-0.25, -0.2) is 4.57 Å². The molecule has 2 N–H and O–H groups in total. The molecule has 0 aliphatic rings. The van der Waals surface area contributed by atoms with E-state index in [1.807, 2.05) is 0 Å². The number of unbranched alkanes of at least 4 members (excludes halogenated alkanes) is 21. The van der Waals surface area contributed by atoms with Gasteiger partial charge in [0.2, 0.25) is 0 Å². The zero-order chi connectivity index (χ0) is 33.4. The highest BCUT2D eigenvalue weighted by Crippen LogP contribution is 2.36. The minimum atomic E-state index is -4.73. The minimum Gasteiger partial charge on any atom is -0.462 e. The maximum atomic E-state index is 12.3. The molecule has 0 fully saturated rings. The van der Waals surface area contributed by atoms with Gasteiger partial charge in [-0.05, 0) is 18.8 Å². The highest BCUT2D eigenvalue weighted by molar-refractivity contribution is 7.46. The van der Waals surface area contributed by atoms with Crippen molar-refractivity contribution in [1.29, 1.82) is 0 Å². The summed E-state index contributed by atoms with van der Waals surface area (Å²) in [5.41, 5.74) is 0. The Bertz CT molecular complexity index is 726. The van der Waals surface area contributed by atoms with Crippen LogP contribution in [0.2, 0.25) is 0 Å². The van der Waals surface area contributed by atoms with Crippen molar-refractivity contribution < 1.29 is 37.9 Å². The quantitative estimate of drug-likeness (QED) is 0.0397. The monoisotopic (exact) mass is 662 g/mol. The average Bonchev–Trinajstić information content (AvgIpc) is 3.00. The third-order valence-electron chi connectivity index (χ3n) is 8.67. The molecule has 0 aromatic heterocycles. The molecule has 9 heteroatoms. The molecule has 0 aliphatic carbocycles.